The first-order valence-electron chi connectivity index (χ1n) is 12.9. The third-order valence-electron chi connectivity index (χ3n) is 6.55. The summed E-state index contributed by atoms with van der Waals surface area (Å²) >= 11 is 0. The van der Waals surface area contributed by atoms with Crippen LogP contribution in [0.25, 0.3) is 0 Å². The van der Waals surface area contributed by atoms with Gasteiger partial charge in [0.25, 0.3) is 0 Å². The van der Waals surface area contributed by atoms with Gasteiger partial charge in [0.05, 0.1) is 5.69 Å². The molecule has 0 radical (unpaired) electrons. The quantitative estimate of drug-likeness (QED) is 0.280. The fraction of sp³-hybridized carbons (Fsp3) is 0.333. The van der Waals surface area contributed by atoms with Crippen LogP contribution in [0, 0.1) is 0 Å². The average Bonchev–Trinajstić information content (AvgIpc) is 2.93. The van der Waals surface area contributed by atoms with Crippen LogP contribution in [0.1, 0.15) is 67.3 Å². The summed E-state index contributed by atoms with van der Waals surface area (Å²) in [5.41, 5.74) is 4.53. The van der Waals surface area contributed by atoms with E-state index in [9.17, 15) is 9.59 Å². The number of hydrogen-bond acceptors (Lipinski definition) is 5. The molecule has 7 nitrogen and oxygen atoms in total. The van der Waals surface area contributed by atoms with Crippen molar-refractivity contribution in [2.24, 2.45) is 5.10 Å². The molecule has 1 atom stereocenters. The highest BCUT2D eigenvalue weighted by atomic mass is 16.5. The van der Waals surface area contributed by atoms with E-state index in [1.54, 1.807) is 11.2 Å². The van der Waals surface area contributed by atoms with E-state index < -0.39 is 5.97 Å². The Morgan fingerprint density at radius 2 is 1.89 bits per heavy atom. The highest BCUT2D eigenvalue weighted by Gasteiger charge is 2.25. The van der Waals surface area contributed by atoms with Crippen molar-refractivity contribution < 1.29 is 19.4 Å². The number of pyridine rings is 1. The molecule has 3 aromatic rings. The van der Waals surface area contributed by atoms with Crippen molar-refractivity contribution in [2.45, 2.75) is 51.4 Å². The number of amides is 1. The molecule has 7 heteroatoms. The number of hydrogen-bond donors (Lipinski definition) is 1. The number of nitrogens with zero attached hydrogens (tertiary/aromatic N) is 3. The van der Waals surface area contributed by atoms with Crippen LogP contribution in [0.2, 0.25) is 0 Å². The Bertz CT molecular complexity index is 1190. The molecule has 2 aromatic carbocycles. The van der Waals surface area contributed by atoms with Crippen molar-refractivity contribution in [2.75, 3.05) is 13.2 Å². The van der Waals surface area contributed by atoms with Gasteiger partial charge in [0.1, 0.15) is 11.5 Å². The lowest BCUT2D eigenvalue weighted by molar-refractivity contribution is -0.139. The molecular formula is C30H33N3O4. The third kappa shape index (κ3) is 6.82. The van der Waals surface area contributed by atoms with Crippen molar-refractivity contribution in [1.82, 2.24) is 9.99 Å². The van der Waals surface area contributed by atoms with Crippen LogP contribution >= 0.6 is 0 Å². The van der Waals surface area contributed by atoms with Crippen LogP contribution in [0.5, 0.6) is 5.75 Å². The van der Waals surface area contributed by atoms with Crippen LogP contribution in [-0.4, -0.2) is 45.8 Å². The predicted molar refractivity (Wildman–Crippen MR) is 143 cm³/mol. The Morgan fingerprint density at radius 1 is 1.08 bits per heavy atom. The number of aromatic nitrogens is 1. The monoisotopic (exact) mass is 499 g/mol. The van der Waals surface area contributed by atoms with Gasteiger partial charge in [-0.25, -0.2) is 9.80 Å². The molecule has 0 fully saturated rings. The maximum atomic E-state index is 13.4. The average molecular weight is 500 g/mol. The molecule has 1 N–H and O–H groups in total. The minimum atomic E-state index is -0.993. The number of benzene rings is 2. The molecule has 192 valence electrons. The fourth-order valence-electron chi connectivity index (χ4n) is 4.83. The summed E-state index contributed by atoms with van der Waals surface area (Å²) in [5.74, 6) is -0.154. The number of carboxylic acid groups (broad SMARTS) is 1. The smallest absolute Gasteiger partial charge is 0.341 e. The third-order valence-corrected chi connectivity index (χ3v) is 6.55. The van der Waals surface area contributed by atoms with Crippen LogP contribution < -0.4 is 4.74 Å². The van der Waals surface area contributed by atoms with Crippen LogP contribution in [0.15, 0.2) is 78.0 Å². The minimum absolute atomic E-state index is 0.0170. The number of rotatable bonds is 11. The van der Waals surface area contributed by atoms with Gasteiger partial charge in [-0.2, -0.15) is 5.10 Å². The molecule has 0 bridgehead atoms. The first-order chi connectivity index (χ1) is 18.1. The summed E-state index contributed by atoms with van der Waals surface area (Å²) in [7, 11) is 0. The fourth-order valence-corrected chi connectivity index (χ4v) is 4.83. The van der Waals surface area contributed by atoms with E-state index in [0.717, 1.165) is 48.1 Å². The maximum absolute atomic E-state index is 13.4. The number of hydrazone groups is 1. The SMILES string of the molecule is CCCN(N=C(c1ccccc1)c1ccccn1)C(=O)CCC1CCCc2c(OCC(=O)O)cccc21. The lowest BCUT2D eigenvalue weighted by atomic mass is 9.80. The van der Waals surface area contributed by atoms with Crippen molar-refractivity contribution in [3.63, 3.8) is 0 Å². The standard InChI is InChI=1S/C30H33N3O4/c1-2-20-33(32-30(23-10-4-3-5-11-23)26-15-6-7-19-31-26)28(34)18-17-22-12-8-14-25-24(22)13-9-16-27(25)37-21-29(35)36/h3-7,9-11,13,15-16,19,22H,2,8,12,14,17-18,20-21H2,1H3,(H,35,36). The molecule has 0 saturated carbocycles. The Morgan fingerprint density at radius 3 is 2.62 bits per heavy atom. The van der Waals surface area contributed by atoms with Crippen molar-refractivity contribution in [3.05, 3.63) is 95.3 Å². The zero-order valence-corrected chi connectivity index (χ0v) is 21.2. The van der Waals surface area contributed by atoms with E-state index in [1.807, 2.05) is 67.6 Å². The topological polar surface area (TPSA) is 92.1 Å². The lowest BCUT2D eigenvalue weighted by Gasteiger charge is -2.27. The van der Waals surface area contributed by atoms with E-state index in [2.05, 4.69) is 11.1 Å². The van der Waals surface area contributed by atoms with Gasteiger partial charge in [-0.1, -0.05) is 55.5 Å². The Labute approximate surface area is 217 Å². The molecule has 4 rings (SSSR count). The van der Waals surface area contributed by atoms with Crippen molar-refractivity contribution in [1.29, 1.82) is 0 Å². The van der Waals surface area contributed by atoms with Gasteiger partial charge in [0, 0.05) is 24.7 Å². The van der Waals surface area contributed by atoms with Crippen molar-refractivity contribution in [3.8, 4) is 5.75 Å². The highest BCUT2D eigenvalue weighted by Crippen LogP contribution is 2.39. The van der Waals surface area contributed by atoms with Gasteiger partial charge in [-0.3, -0.25) is 9.78 Å². The van der Waals surface area contributed by atoms with Gasteiger partial charge in [-0.05, 0) is 67.3 Å². The van der Waals surface area contributed by atoms with Gasteiger partial charge in [0.15, 0.2) is 6.61 Å². The lowest BCUT2D eigenvalue weighted by Crippen LogP contribution is -2.29. The summed E-state index contributed by atoms with van der Waals surface area (Å²) in [6.45, 7) is 2.20. The minimum Gasteiger partial charge on any atom is -0.482 e. The van der Waals surface area contributed by atoms with E-state index in [1.165, 1.54) is 0 Å². The second-order valence-corrected chi connectivity index (χ2v) is 9.18. The van der Waals surface area contributed by atoms with E-state index in [0.29, 0.717) is 30.8 Å². The van der Waals surface area contributed by atoms with Crippen molar-refractivity contribution >= 4 is 17.6 Å². The largest absolute Gasteiger partial charge is 0.482 e. The molecular weight excluding hydrogens is 466 g/mol. The molecule has 1 amide bonds. The highest BCUT2D eigenvalue weighted by molar-refractivity contribution is 6.11. The summed E-state index contributed by atoms with van der Waals surface area (Å²) in [5, 5.41) is 15.4. The number of aliphatic carboxylic acids is 1. The second kappa shape index (κ2) is 12.8. The molecule has 37 heavy (non-hydrogen) atoms. The Hall–Kier alpha value is -4.00. The van der Waals surface area contributed by atoms with Crippen LogP contribution in [-0.2, 0) is 16.0 Å². The van der Waals surface area contributed by atoms with Crippen LogP contribution in [0.4, 0.5) is 0 Å². The summed E-state index contributed by atoms with van der Waals surface area (Å²) in [6, 6.07) is 21.3. The van der Waals surface area contributed by atoms with Gasteiger partial charge >= 0.3 is 5.97 Å². The summed E-state index contributed by atoms with van der Waals surface area (Å²) in [6.07, 6.45) is 6.42. The second-order valence-electron chi connectivity index (χ2n) is 9.18. The Balaban J connectivity index is 1.53. The molecule has 1 aliphatic carbocycles. The maximum Gasteiger partial charge on any atom is 0.341 e. The molecule has 1 aromatic heterocycles. The predicted octanol–water partition coefficient (Wildman–Crippen LogP) is 5.44. The zero-order chi connectivity index (χ0) is 26.0. The van der Waals surface area contributed by atoms with Crippen LogP contribution in [0.3, 0.4) is 0 Å². The Kier molecular flexibility index (Phi) is 9.03. The van der Waals surface area contributed by atoms with E-state index in [4.69, 9.17) is 14.9 Å². The normalized spacial score (nSPS) is 15.1. The summed E-state index contributed by atoms with van der Waals surface area (Å²) < 4.78 is 5.54. The molecule has 1 aliphatic rings. The summed E-state index contributed by atoms with van der Waals surface area (Å²) in [4.78, 5) is 28.9. The van der Waals surface area contributed by atoms with Gasteiger partial charge in [0.2, 0.25) is 5.91 Å². The first kappa shape index (κ1) is 26.1. The van der Waals surface area contributed by atoms with Gasteiger partial charge < -0.3 is 9.84 Å². The van der Waals surface area contributed by atoms with E-state index in [-0.39, 0.29) is 18.4 Å². The zero-order valence-electron chi connectivity index (χ0n) is 21.2. The number of fused-ring (bicyclic) bond motifs is 1. The molecule has 0 spiro atoms. The molecule has 0 aliphatic heterocycles. The first-order valence-corrected chi connectivity index (χ1v) is 12.9. The number of carbonyl (C=O) groups is 2. The molecule has 1 unspecified atom stereocenters. The van der Waals surface area contributed by atoms with E-state index >= 15 is 0 Å². The number of carbonyl (C=O) groups excluding carboxylic acids is 1. The number of ether oxygens (including phenoxy) is 1. The molecule has 1 heterocycles. The molecule has 0 saturated heterocycles. The number of carboxylic acids is 1. The van der Waals surface area contributed by atoms with Gasteiger partial charge in [-0.15, -0.1) is 0 Å².